The van der Waals surface area contributed by atoms with Gasteiger partial charge in [-0.3, -0.25) is 0 Å². The van der Waals surface area contributed by atoms with Gasteiger partial charge < -0.3 is 15.0 Å². The van der Waals surface area contributed by atoms with Gasteiger partial charge in [0.05, 0.1) is 13.2 Å². The molecule has 0 saturated carbocycles. The van der Waals surface area contributed by atoms with Crippen LogP contribution >= 0.6 is 15.9 Å². The summed E-state index contributed by atoms with van der Waals surface area (Å²) in [5.74, 6) is 0.886. The molecule has 1 aromatic heterocycles. The number of aryl methyl sites for hydroxylation is 1. The summed E-state index contributed by atoms with van der Waals surface area (Å²) in [5, 5.41) is 3.35. The number of ether oxygens (including phenoxy) is 1. The number of pyridine rings is 1. The number of morpholine rings is 1. The van der Waals surface area contributed by atoms with Crippen molar-refractivity contribution in [2.75, 3.05) is 36.5 Å². The van der Waals surface area contributed by atoms with Crippen molar-refractivity contribution in [1.82, 2.24) is 4.98 Å². The maximum absolute atomic E-state index is 5.38. The second-order valence-corrected chi connectivity index (χ2v) is 6.01. The number of halogens is 1. The number of benzene rings is 1. The van der Waals surface area contributed by atoms with Crippen LogP contribution in [0.3, 0.4) is 0 Å². The molecule has 2 aromatic rings. The molecule has 0 unspecified atom stereocenters. The Morgan fingerprint density at radius 1 is 1.19 bits per heavy atom. The van der Waals surface area contributed by atoms with Crippen molar-refractivity contribution in [3.05, 3.63) is 46.6 Å². The summed E-state index contributed by atoms with van der Waals surface area (Å²) in [6.45, 7) is 5.58. The van der Waals surface area contributed by atoms with Crippen LogP contribution in [0.25, 0.3) is 0 Å². The molecule has 0 radical (unpaired) electrons. The summed E-state index contributed by atoms with van der Waals surface area (Å²) in [4.78, 5) is 6.74. The fourth-order valence-electron chi connectivity index (χ4n) is 2.39. The van der Waals surface area contributed by atoms with Gasteiger partial charge in [0.1, 0.15) is 5.82 Å². The third kappa shape index (κ3) is 3.54. The molecule has 0 amide bonds. The largest absolute Gasteiger partial charge is 0.378 e. The van der Waals surface area contributed by atoms with Gasteiger partial charge in [-0.15, -0.1) is 0 Å². The first-order valence-electron chi connectivity index (χ1n) is 7.04. The van der Waals surface area contributed by atoms with Crippen LogP contribution in [0.15, 0.2) is 41.0 Å². The van der Waals surface area contributed by atoms with Crippen molar-refractivity contribution in [3.8, 4) is 0 Å². The molecule has 5 heteroatoms. The second kappa shape index (κ2) is 6.45. The van der Waals surface area contributed by atoms with Crippen LogP contribution in [-0.2, 0) is 4.74 Å². The van der Waals surface area contributed by atoms with Crippen molar-refractivity contribution < 1.29 is 4.74 Å². The fourth-order valence-corrected chi connectivity index (χ4v) is 2.83. The Kier molecular flexibility index (Phi) is 4.41. The Balaban J connectivity index is 1.71. The molecule has 1 saturated heterocycles. The predicted octanol–water partition coefficient (Wildman–Crippen LogP) is 3.73. The molecule has 2 heterocycles. The molecule has 3 rings (SSSR count). The highest BCUT2D eigenvalue weighted by atomic mass is 79.9. The molecule has 1 fully saturated rings. The van der Waals surface area contributed by atoms with E-state index in [0.717, 1.165) is 47.8 Å². The number of hydrogen-bond acceptors (Lipinski definition) is 4. The molecule has 1 aliphatic rings. The van der Waals surface area contributed by atoms with E-state index < -0.39 is 0 Å². The number of anilines is 3. The van der Waals surface area contributed by atoms with E-state index >= 15 is 0 Å². The first-order valence-corrected chi connectivity index (χ1v) is 7.83. The Labute approximate surface area is 133 Å². The van der Waals surface area contributed by atoms with Crippen LogP contribution in [0.5, 0.6) is 0 Å². The van der Waals surface area contributed by atoms with E-state index in [1.807, 2.05) is 6.92 Å². The Morgan fingerprint density at radius 3 is 2.57 bits per heavy atom. The number of nitrogens with zero attached hydrogens (tertiary/aromatic N) is 2. The Morgan fingerprint density at radius 2 is 1.90 bits per heavy atom. The van der Waals surface area contributed by atoms with E-state index in [1.165, 1.54) is 5.69 Å². The van der Waals surface area contributed by atoms with Gasteiger partial charge in [-0.05, 0) is 58.7 Å². The highest BCUT2D eigenvalue weighted by Gasteiger charge is 2.10. The third-order valence-corrected chi connectivity index (χ3v) is 3.98. The molecule has 0 atom stereocenters. The molecule has 1 aliphatic heterocycles. The van der Waals surface area contributed by atoms with Crippen molar-refractivity contribution in [1.29, 1.82) is 0 Å². The zero-order valence-corrected chi connectivity index (χ0v) is 13.6. The molecule has 0 aliphatic carbocycles. The van der Waals surface area contributed by atoms with Gasteiger partial charge in [0, 0.05) is 35.1 Å². The van der Waals surface area contributed by atoms with E-state index in [4.69, 9.17) is 4.74 Å². The van der Waals surface area contributed by atoms with E-state index in [2.05, 4.69) is 61.5 Å². The van der Waals surface area contributed by atoms with E-state index in [9.17, 15) is 0 Å². The molecule has 0 bridgehead atoms. The van der Waals surface area contributed by atoms with Gasteiger partial charge >= 0.3 is 0 Å². The van der Waals surface area contributed by atoms with Gasteiger partial charge in [-0.1, -0.05) is 0 Å². The van der Waals surface area contributed by atoms with Gasteiger partial charge in [0.15, 0.2) is 0 Å². The minimum Gasteiger partial charge on any atom is -0.378 e. The standard InChI is InChI=1S/C16H18BrN3O/c1-12-10-13(17)11-18-16(12)19-14-2-4-15(5-3-14)20-6-8-21-9-7-20/h2-5,10-11H,6-9H2,1H3,(H,18,19). The third-order valence-electron chi connectivity index (χ3n) is 3.55. The lowest BCUT2D eigenvalue weighted by Crippen LogP contribution is -2.36. The Bertz CT molecular complexity index is 609. The zero-order valence-electron chi connectivity index (χ0n) is 12.0. The first-order chi connectivity index (χ1) is 10.2. The van der Waals surface area contributed by atoms with Crippen LogP contribution in [0.1, 0.15) is 5.56 Å². The summed E-state index contributed by atoms with van der Waals surface area (Å²) in [6, 6.07) is 10.5. The van der Waals surface area contributed by atoms with Crippen LogP contribution in [0, 0.1) is 6.92 Å². The molecule has 1 aromatic carbocycles. The van der Waals surface area contributed by atoms with Gasteiger partial charge in [-0.25, -0.2) is 4.98 Å². The number of rotatable bonds is 3. The van der Waals surface area contributed by atoms with Crippen LogP contribution in [0.2, 0.25) is 0 Å². The monoisotopic (exact) mass is 347 g/mol. The Hall–Kier alpha value is -1.59. The van der Waals surface area contributed by atoms with Gasteiger partial charge in [0.2, 0.25) is 0 Å². The lowest BCUT2D eigenvalue weighted by Gasteiger charge is -2.28. The number of hydrogen-bond donors (Lipinski definition) is 1. The summed E-state index contributed by atoms with van der Waals surface area (Å²) in [5.41, 5.74) is 3.40. The fraction of sp³-hybridized carbons (Fsp3) is 0.312. The quantitative estimate of drug-likeness (QED) is 0.917. The molecule has 4 nitrogen and oxygen atoms in total. The van der Waals surface area contributed by atoms with E-state index in [1.54, 1.807) is 6.20 Å². The predicted molar refractivity (Wildman–Crippen MR) is 89.4 cm³/mol. The lowest BCUT2D eigenvalue weighted by atomic mass is 10.2. The molecule has 21 heavy (non-hydrogen) atoms. The van der Waals surface area contributed by atoms with Crippen LogP contribution < -0.4 is 10.2 Å². The van der Waals surface area contributed by atoms with Crippen molar-refractivity contribution >= 4 is 33.1 Å². The number of nitrogens with one attached hydrogen (secondary N) is 1. The lowest BCUT2D eigenvalue weighted by molar-refractivity contribution is 0.122. The molecular formula is C16H18BrN3O. The summed E-state index contributed by atoms with van der Waals surface area (Å²) >= 11 is 3.43. The second-order valence-electron chi connectivity index (χ2n) is 5.09. The van der Waals surface area contributed by atoms with E-state index in [0.29, 0.717) is 0 Å². The molecular weight excluding hydrogens is 330 g/mol. The van der Waals surface area contributed by atoms with Crippen LogP contribution in [-0.4, -0.2) is 31.3 Å². The van der Waals surface area contributed by atoms with Crippen molar-refractivity contribution in [2.45, 2.75) is 6.92 Å². The minimum absolute atomic E-state index is 0.808. The minimum atomic E-state index is 0.808. The van der Waals surface area contributed by atoms with Crippen LogP contribution in [0.4, 0.5) is 17.2 Å². The topological polar surface area (TPSA) is 37.4 Å². The zero-order chi connectivity index (χ0) is 14.7. The highest BCUT2D eigenvalue weighted by Crippen LogP contribution is 2.23. The summed E-state index contributed by atoms with van der Waals surface area (Å²) in [7, 11) is 0. The van der Waals surface area contributed by atoms with E-state index in [-0.39, 0.29) is 0 Å². The SMILES string of the molecule is Cc1cc(Br)cnc1Nc1ccc(N2CCOCC2)cc1. The molecule has 0 spiro atoms. The highest BCUT2D eigenvalue weighted by molar-refractivity contribution is 9.10. The summed E-state index contributed by atoms with van der Waals surface area (Å²) in [6.07, 6.45) is 1.80. The maximum Gasteiger partial charge on any atom is 0.133 e. The average Bonchev–Trinajstić information content (AvgIpc) is 2.52. The smallest absolute Gasteiger partial charge is 0.133 e. The summed E-state index contributed by atoms with van der Waals surface area (Å²) < 4.78 is 6.37. The maximum atomic E-state index is 5.38. The van der Waals surface area contributed by atoms with Crippen molar-refractivity contribution in [2.24, 2.45) is 0 Å². The average molecular weight is 348 g/mol. The van der Waals surface area contributed by atoms with Crippen molar-refractivity contribution in [3.63, 3.8) is 0 Å². The molecule has 110 valence electrons. The first kappa shape index (κ1) is 14.4. The van der Waals surface area contributed by atoms with Gasteiger partial charge in [-0.2, -0.15) is 0 Å². The normalized spacial score (nSPS) is 15.0. The molecule has 1 N–H and O–H groups in total. The number of aromatic nitrogens is 1. The van der Waals surface area contributed by atoms with Gasteiger partial charge in [0.25, 0.3) is 0 Å².